The summed E-state index contributed by atoms with van der Waals surface area (Å²) >= 11 is 0. The zero-order valence-corrected chi connectivity index (χ0v) is 11.8. The van der Waals surface area contributed by atoms with Gasteiger partial charge < -0.3 is 10.5 Å². The Bertz CT molecular complexity index is 735. The number of alkyl halides is 2. The first-order valence-electron chi connectivity index (χ1n) is 6.80. The second-order valence-corrected chi connectivity index (χ2v) is 5.00. The van der Waals surface area contributed by atoms with Crippen LogP contribution in [0.15, 0.2) is 30.6 Å². The lowest BCUT2D eigenvalue weighted by atomic mass is 10.1. The number of aromatic nitrogens is 2. The van der Waals surface area contributed by atoms with Gasteiger partial charge in [-0.1, -0.05) is 0 Å². The molecule has 3 rings (SSSR count). The Morgan fingerprint density at radius 2 is 2.22 bits per heavy atom. The Hall–Kier alpha value is -2.55. The normalized spacial score (nSPS) is 17.9. The molecular formula is C14H13F3N4O2. The van der Waals surface area contributed by atoms with Crippen LogP contribution < -0.4 is 10.6 Å². The van der Waals surface area contributed by atoms with Gasteiger partial charge in [-0.2, -0.15) is 13.9 Å². The number of ether oxygens (including phenoxy) is 1. The first-order chi connectivity index (χ1) is 11.0. The van der Waals surface area contributed by atoms with Crippen molar-refractivity contribution < 1.29 is 22.7 Å². The predicted molar refractivity (Wildman–Crippen MR) is 75.5 cm³/mol. The van der Waals surface area contributed by atoms with E-state index >= 15 is 0 Å². The Labute approximate surface area is 129 Å². The maximum absolute atomic E-state index is 14.3. The quantitative estimate of drug-likeness (QED) is 0.936. The SMILES string of the molecule is NC[C@H]1CN(c2ccc(-c3cnn(C(F)F)c3)c(F)c2)C(=O)O1. The Balaban J connectivity index is 1.87. The molecule has 2 N–H and O–H groups in total. The van der Waals surface area contributed by atoms with Crippen LogP contribution in [0.2, 0.25) is 0 Å². The van der Waals surface area contributed by atoms with E-state index in [1.54, 1.807) is 0 Å². The summed E-state index contributed by atoms with van der Waals surface area (Å²) in [6.07, 6.45) is 1.17. The molecule has 6 nitrogen and oxygen atoms in total. The predicted octanol–water partition coefficient (Wildman–Crippen LogP) is 2.37. The molecule has 2 aromatic rings. The van der Waals surface area contributed by atoms with Crippen LogP contribution in [0.5, 0.6) is 0 Å². The summed E-state index contributed by atoms with van der Waals surface area (Å²) in [4.78, 5) is 13.0. The van der Waals surface area contributed by atoms with Gasteiger partial charge in [-0.15, -0.1) is 0 Å². The largest absolute Gasteiger partial charge is 0.443 e. The summed E-state index contributed by atoms with van der Waals surface area (Å²) in [7, 11) is 0. The summed E-state index contributed by atoms with van der Waals surface area (Å²) < 4.78 is 44.8. The van der Waals surface area contributed by atoms with E-state index in [0.717, 1.165) is 18.5 Å². The molecule has 1 saturated heterocycles. The van der Waals surface area contributed by atoms with Gasteiger partial charge in [0.1, 0.15) is 11.9 Å². The molecule has 122 valence electrons. The maximum Gasteiger partial charge on any atom is 0.414 e. The number of hydrogen-bond donors (Lipinski definition) is 1. The van der Waals surface area contributed by atoms with Crippen LogP contribution >= 0.6 is 0 Å². The summed E-state index contributed by atoms with van der Waals surface area (Å²) in [5, 5.41) is 3.47. The van der Waals surface area contributed by atoms with Crippen LogP contribution in [0.25, 0.3) is 11.1 Å². The van der Waals surface area contributed by atoms with Gasteiger partial charge in [-0.05, 0) is 18.2 Å². The average Bonchev–Trinajstić information content (AvgIpc) is 3.13. The van der Waals surface area contributed by atoms with Gasteiger partial charge in [0.2, 0.25) is 0 Å². The van der Waals surface area contributed by atoms with Crippen LogP contribution in [0.1, 0.15) is 6.55 Å². The van der Waals surface area contributed by atoms with Crippen molar-refractivity contribution in [3.63, 3.8) is 0 Å². The van der Waals surface area contributed by atoms with Crippen LogP contribution in [0, 0.1) is 5.82 Å². The van der Waals surface area contributed by atoms with Crippen molar-refractivity contribution in [2.45, 2.75) is 12.7 Å². The minimum atomic E-state index is -2.79. The lowest BCUT2D eigenvalue weighted by Gasteiger charge is -2.13. The van der Waals surface area contributed by atoms with Gasteiger partial charge in [0, 0.05) is 23.9 Å². The van der Waals surface area contributed by atoms with Crippen LogP contribution in [-0.2, 0) is 4.74 Å². The summed E-state index contributed by atoms with van der Waals surface area (Å²) in [6, 6.07) is 4.06. The molecule has 1 aromatic carbocycles. The fraction of sp³-hybridized carbons (Fsp3) is 0.286. The van der Waals surface area contributed by atoms with E-state index in [0.29, 0.717) is 10.4 Å². The highest BCUT2D eigenvalue weighted by molar-refractivity contribution is 5.90. The number of carbonyl (C=O) groups excluding carboxylic acids is 1. The van der Waals surface area contributed by atoms with E-state index in [9.17, 15) is 18.0 Å². The smallest absolute Gasteiger partial charge is 0.414 e. The van der Waals surface area contributed by atoms with Gasteiger partial charge in [0.25, 0.3) is 0 Å². The number of hydrogen-bond acceptors (Lipinski definition) is 4. The van der Waals surface area contributed by atoms with E-state index in [1.807, 2.05) is 0 Å². The third-order valence-electron chi connectivity index (χ3n) is 3.51. The zero-order chi connectivity index (χ0) is 16.6. The number of cyclic esters (lactones) is 1. The monoisotopic (exact) mass is 326 g/mol. The standard InChI is InChI=1S/C14H13F3N4O2/c15-12-3-9(20-7-10(4-18)23-14(20)22)1-2-11(12)8-5-19-21(6-8)13(16)17/h1-3,5-6,10,13H,4,7,18H2/t10-/m0/s1. The number of rotatable bonds is 4. The van der Waals surface area contributed by atoms with Crippen molar-refractivity contribution >= 4 is 11.8 Å². The topological polar surface area (TPSA) is 73.4 Å². The summed E-state index contributed by atoms with van der Waals surface area (Å²) in [5.41, 5.74) is 6.09. The molecule has 1 aromatic heterocycles. The van der Waals surface area contributed by atoms with E-state index in [1.165, 1.54) is 17.0 Å². The molecule has 0 unspecified atom stereocenters. The molecule has 1 aliphatic rings. The van der Waals surface area contributed by atoms with Crippen LogP contribution in [-0.4, -0.2) is 35.1 Å². The number of halogens is 3. The number of benzene rings is 1. The van der Waals surface area contributed by atoms with E-state index in [4.69, 9.17) is 10.5 Å². The average molecular weight is 326 g/mol. The Morgan fingerprint density at radius 3 is 2.78 bits per heavy atom. The number of nitrogens with zero attached hydrogens (tertiary/aromatic N) is 3. The highest BCUT2D eigenvalue weighted by Gasteiger charge is 2.31. The first kappa shape index (κ1) is 15.3. The zero-order valence-electron chi connectivity index (χ0n) is 11.8. The maximum atomic E-state index is 14.3. The molecule has 1 aliphatic heterocycles. The van der Waals surface area contributed by atoms with Crippen molar-refractivity contribution in [2.75, 3.05) is 18.0 Å². The van der Waals surface area contributed by atoms with Crippen molar-refractivity contribution in [3.05, 3.63) is 36.4 Å². The number of amides is 1. The third kappa shape index (κ3) is 2.87. The molecule has 0 aliphatic carbocycles. The van der Waals surface area contributed by atoms with Crippen molar-refractivity contribution in [1.82, 2.24) is 9.78 Å². The molecule has 0 radical (unpaired) electrons. The third-order valence-corrected chi connectivity index (χ3v) is 3.51. The molecule has 0 spiro atoms. The molecule has 0 saturated carbocycles. The highest BCUT2D eigenvalue weighted by atomic mass is 19.3. The molecule has 23 heavy (non-hydrogen) atoms. The van der Waals surface area contributed by atoms with Crippen molar-refractivity contribution in [2.24, 2.45) is 5.73 Å². The minimum absolute atomic E-state index is 0.114. The molecule has 1 fully saturated rings. The molecule has 1 atom stereocenters. The van der Waals surface area contributed by atoms with Crippen molar-refractivity contribution in [3.8, 4) is 11.1 Å². The molecule has 9 heteroatoms. The van der Waals surface area contributed by atoms with Gasteiger partial charge >= 0.3 is 12.6 Å². The van der Waals surface area contributed by atoms with Gasteiger partial charge in [0.05, 0.1) is 18.4 Å². The van der Waals surface area contributed by atoms with Crippen LogP contribution in [0.3, 0.4) is 0 Å². The second-order valence-electron chi connectivity index (χ2n) is 5.00. The lowest BCUT2D eigenvalue weighted by molar-refractivity contribution is 0.0566. The molecule has 1 amide bonds. The van der Waals surface area contributed by atoms with E-state index in [2.05, 4.69) is 5.10 Å². The molecule has 2 heterocycles. The molecule has 0 bridgehead atoms. The van der Waals surface area contributed by atoms with Gasteiger partial charge in [-0.3, -0.25) is 4.90 Å². The fourth-order valence-corrected chi connectivity index (χ4v) is 2.34. The summed E-state index contributed by atoms with van der Waals surface area (Å²) in [5.74, 6) is -0.652. The first-order valence-corrected chi connectivity index (χ1v) is 6.80. The Morgan fingerprint density at radius 1 is 1.43 bits per heavy atom. The number of carbonyl (C=O) groups is 1. The lowest BCUT2D eigenvalue weighted by Crippen LogP contribution is -2.27. The number of anilines is 1. The highest BCUT2D eigenvalue weighted by Crippen LogP contribution is 2.29. The molecular weight excluding hydrogens is 313 g/mol. The minimum Gasteiger partial charge on any atom is -0.443 e. The van der Waals surface area contributed by atoms with E-state index < -0.39 is 24.6 Å². The van der Waals surface area contributed by atoms with Gasteiger partial charge in [-0.25, -0.2) is 13.9 Å². The number of nitrogens with two attached hydrogens (primary N) is 1. The fourth-order valence-electron chi connectivity index (χ4n) is 2.34. The van der Waals surface area contributed by atoms with Crippen LogP contribution in [0.4, 0.5) is 23.7 Å². The van der Waals surface area contributed by atoms with E-state index in [-0.39, 0.29) is 24.2 Å². The Kier molecular flexibility index (Phi) is 3.95. The van der Waals surface area contributed by atoms with Crippen molar-refractivity contribution in [1.29, 1.82) is 0 Å². The summed E-state index contributed by atoms with van der Waals surface area (Å²) in [6.45, 7) is -2.38. The second kappa shape index (κ2) is 5.92. The van der Waals surface area contributed by atoms with Gasteiger partial charge in [0.15, 0.2) is 0 Å².